The lowest BCUT2D eigenvalue weighted by Gasteiger charge is -2.53. The minimum Gasteiger partial charge on any atom is -0.493 e. The first kappa shape index (κ1) is 16.2. The number of hydrogen-bond donors (Lipinski definition) is 0. The van der Waals surface area contributed by atoms with Crippen LogP contribution in [0.25, 0.3) is 0 Å². The molecule has 4 nitrogen and oxygen atoms in total. The van der Waals surface area contributed by atoms with E-state index in [-0.39, 0.29) is 11.7 Å². The number of fused-ring (bicyclic) bond motifs is 4. The van der Waals surface area contributed by atoms with E-state index in [2.05, 4.69) is 30.9 Å². The number of likely N-dealkylation sites (tertiary alicyclic amines) is 1. The SMILES string of the molecule is COc1cccc2c1OC1(CCN(C(C)C)CC1)[C@H]1CCCO[C@H]21. The molecule has 0 unspecified atom stereocenters. The maximum Gasteiger partial charge on any atom is 0.167 e. The lowest BCUT2D eigenvalue weighted by molar-refractivity contribution is -0.151. The van der Waals surface area contributed by atoms with Crippen LogP contribution in [0.2, 0.25) is 0 Å². The molecular formula is C20H29NO3. The van der Waals surface area contributed by atoms with Crippen LogP contribution in [0.1, 0.15) is 51.2 Å². The summed E-state index contributed by atoms with van der Waals surface area (Å²) >= 11 is 0. The van der Waals surface area contributed by atoms with Crippen molar-refractivity contribution in [2.24, 2.45) is 5.92 Å². The van der Waals surface area contributed by atoms with Gasteiger partial charge in [0.15, 0.2) is 11.5 Å². The number of para-hydroxylation sites is 1. The third-order valence-corrected chi connectivity index (χ3v) is 6.21. The Morgan fingerprint density at radius 1 is 1.25 bits per heavy atom. The first-order valence-corrected chi connectivity index (χ1v) is 9.36. The second-order valence-corrected chi connectivity index (χ2v) is 7.72. The maximum atomic E-state index is 6.75. The number of nitrogens with zero attached hydrogens (tertiary/aromatic N) is 1. The van der Waals surface area contributed by atoms with E-state index in [9.17, 15) is 0 Å². The van der Waals surface area contributed by atoms with Crippen LogP contribution < -0.4 is 9.47 Å². The van der Waals surface area contributed by atoms with Gasteiger partial charge >= 0.3 is 0 Å². The molecule has 0 radical (unpaired) electrons. The molecular weight excluding hydrogens is 302 g/mol. The van der Waals surface area contributed by atoms with Crippen molar-refractivity contribution in [3.05, 3.63) is 23.8 Å². The highest BCUT2D eigenvalue weighted by atomic mass is 16.5. The van der Waals surface area contributed by atoms with Gasteiger partial charge in [-0.25, -0.2) is 0 Å². The Morgan fingerprint density at radius 2 is 2.04 bits per heavy atom. The molecule has 2 fully saturated rings. The fraction of sp³-hybridized carbons (Fsp3) is 0.700. The molecule has 3 aliphatic heterocycles. The molecule has 2 atom stereocenters. The van der Waals surface area contributed by atoms with Crippen LogP contribution in [0.3, 0.4) is 0 Å². The van der Waals surface area contributed by atoms with Gasteiger partial charge in [0.25, 0.3) is 0 Å². The third kappa shape index (κ3) is 2.51. The first-order chi connectivity index (χ1) is 11.6. The number of ether oxygens (including phenoxy) is 3. The molecule has 1 aromatic carbocycles. The van der Waals surface area contributed by atoms with Crippen molar-refractivity contribution in [2.45, 2.75) is 57.3 Å². The zero-order valence-electron chi connectivity index (χ0n) is 15.1. The van der Waals surface area contributed by atoms with Crippen LogP contribution in [-0.4, -0.2) is 43.3 Å². The van der Waals surface area contributed by atoms with Crippen molar-refractivity contribution in [3.63, 3.8) is 0 Å². The van der Waals surface area contributed by atoms with Gasteiger partial charge in [0, 0.05) is 50.1 Å². The summed E-state index contributed by atoms with van der Waals surface area (Å²) in [6, 6.07) is 6.80. The zero-order chi connectivity index (χ0) is 16.7. The van der Waals surface area contributed by atoms with Gasteiger partial charge in [0.1, 0.15) is 5.60 Å². The number of rotatable bonds is 2. The quantitative estimate of drug-likeness (QED) is 0.825. The van der Waals surface area contributed by atoms with Crippen molar-refractivity contribution in [3.8, 4) is 11.5 Å². The summed E-state index contributed by atoms with van der Waals surface area (Å²) in [5, 5.41) is 0. The van der Waals surface area contributed by atoms with Crippen molar-refractivity contribution >= 4 is 0 Å². The van der Waals surface area contributed by atoms with E-state index in [1.54, 1.807) is 7.11 Å². The Kier molecular flexibility index (Phi) is 4.21. The predicted octanol–water partition coefficient (Wildman–Crippen LogP) is 3.80. The first-order valence-electron chi connectivity index (χ1n) is 9.36. The predicted molar refractivity (Wildman–Crippen MR) is 93.7 cm³/mol. The third-order valence-electron chi connectivity index (χ3n) is 6.21. The lowest BCUT2D eigenvalue weighted by atomic mass is 9.69. The molecule has 3 aliphatic rings. The maximum absolute atomic E-state index is 6.75. The van der Waals surface area contributed by atoms with E-state index in [1.165, 1.54) is 12.0 Å². The van der Waals surface area contributed by atoms with Crippen molar-refractivity contribution < 1.29 is 14.2 Å². The van der Waals surface area contributed by atoms with Crippen LogP contribution in [0.4, 0.5) is 0 Å². The molecule has 4 heteroatoms. The second-order valence-electron chi connectivity index (χ2n) is 7.72. The van der Waals surface area contributed by atoms with Crippen LogP contribution in [0.15, 0.2) is 18.2 Å². The summed E-state index contributed by atoms with van der Waals surface area (Å²) in [6.45, 7) is 7.62. The van der Waals surface area contributed by atoms with E-state index in [4.69, 9.17) is 14.2 Å². The summed E-state index contributed by atoms with van der Waals surface area (Å²) in [4.78, 5) is 2.56. The Labute approximate surface area is 145 Å². The van der Waals surface area contributed by atoms with Gasteiger partial charge < -0.3 is 19.1 Å². The largest absolute Gasteiger partial charge is 0.493 e. The van der Waals surface area contributed by atoms with Crippen molar-refractivity contribution in [1.82, 2.24) is 4.90 Å². The molecule has 0 aliphatic carbocycles. The monoisotopic (exact) mass is 331 g/mol. The molecule has 0 amide bonds. The number of methoxy groups -OCH3 is 1. The highest BCUT2D eigenvalue weighted by molar-refractivity contribution is 5.50. The summed E-state index contributed by atoms with van der Waals surface area (Å²) in [7, 11) is 1.72. The molecule has 1 aromatic rings. The van der Waals surface area contributed by atoms with Gasteiger partial charge in [0.2, 0.25) is 0 Å². The lowest BCUT2D eigenvalue weighted by Crippen LogP contribution is -2.57. The zero-order valence-corrected chi connectivity index (χ0v) is 15.1. The van der Waals surface area contributed by atoms with Gasteiger partial charge in [0.05, 0.1) is 13.2 Å². The Balaban J connectivity index is 1.71. The average Bonchev–Trinajstić information content (AvgIpc) is 2.62. The van der Waals surface area contributed by atoms with Gasteiger partial charge in [-0.15, -0.1) is 0 Å². The highest BCUT2D eigenvalue weighted by Crippen LogP contribution is 2.55. The molecule has 132 valence electrons. The topological polar surface area (TPSA) is 30.9 Å². The molecule has 0 bridgehead atoms. The summed E-state index contributed by atoms with van der Waals surface area (Å²) in [5.74, 6) is 2.21. The summed E-state index contributed by atoms with van der Waals surface area (Å²) in [6.07, 6.45) is 4.64. The Morgan fingerprint density at radius 3 is 2.75 bits per heavy atom. The van der Waals surface area contributed by atoms with E-state index in [0.717, 1.165) is 50.5 Å². The summed E-state index contributed by atoms with van der Waals surface area (Å²) in [5.41, 5.74) is 1.08. The van der Waals surface area contributed by atoms with E-state index < -0.39 is 0 Å². The number of benzene rings is 1. The van der Waals surface area contributed by atoms with Gasteiger partial charge in [-0.2, -0.15) is 0 Å². The minimum atomic E-state index is -0.0991. The fourth-order valence-electron chi connectivity index (χ4n) is 4.82. The molecule has 1 spiro atoms. The standard InChI is InChI=1S/C20H29NO3/c1-14(2)21-11-9-20(10-12-21)16-7-5-13-23-18(16)15-6-4-8-17(22-3)19(15)24-20/h4,6,8,14,16,18H,5,7,9-13H2,1-3H3/t16-,18+/m0/s1. The van der Waals surface area contributed by atoms with Crippen LogP contribution in [-0.2, 0) is 4.74 Å². The van der Waals surface area contributed by atoms with Crippen molar-refractivity contribution in [1.29, 1.82) is 0 Å². The molecule has 0 N–H and O–H groups in total. The van der Waals surface area contributed by atoms with Crippen LogP contribution in [0.5, 0.6) is 11.5 Å². The molecule has 0 aromatic heterocycles. The number of hydrogen-bond acceptors (Lipinski definition) is 4. The molecule has 0 saturated carbocycles. The van der Waals surface area contributed by atoms with Gasteiger partial charge in [-0.05, 0) is 32.8 Å². The smallest absolute Gasteiger partial charge is 0.167 e. The van der Waals surface area contributed by atoms with Gasteiger partial charge in [-0.3, -0.25) is 0 Å². The van der Waals surface area contributed by atoms with Crippen LogP contribution in [0, 0.1) is 5.92 Å². The highest BCUT2D eigenvalue weighted by Gasteiger charge is 2.53. The van der Waals surface area contributed by atoms with E-state index >= 15 is 0 Å². The second kappa shape index (κ2) is 6.23. The molecule has 3 heterocycles. The average molecular weight is 331 g/mol. The fourth-order valence-corrected chi connectivity index (χ4v) is 4.82. The minimum absolute atomic E-state index is 0.0991. The van der Waals surface area contributed by atoms with E-state index in [0.29, 0.717) is 12.0 Å². The Bertz CT molecular complexity index is 593. The van der Waals surface area contributed by atoms with Crippen molar-refractivity contribution in [2.75, 3.05) is 26.8 Å². The molecule has 4 rings (SSSR count). The molecule has 24 heavy (non-hydrogen) atoms. The molecule has 2 saturated heterocycles. The number of piperidine rings is 1. The summed E-state index contributed by atoms with van der Waals surface area (Å²) < 4.78 is 18.6. The van der Waals surface area contributed by atoms with E-state index in [1.807, 2.05) is 6.07 Å². The Hall–Kier alpha value is -1.26. The van der Waals surface area contributed by atoms with Gasteiger partial charge in [-0.1, -0.05) is 12.1 Å². The van der Waals surface area contributed by atoms with Crippen LogP contribution >= 0.6 is 0 Å². The normalized spacial score (nSPS) is 29.0.